The van der Waals surface area contributed by atoms with Gasteiger partial charge in [0.25, 0.3) is 0 Å². The van der Waals surface area contributed by atoms with Crippen LogP contribution in [0.25, 0.3) is 0 Å². The minimum atomic E-state index is -0.0753. The van der Waals surface area contributed by atoms with E-state index in [2.05, 4.69) is 25.7 Å². The van der Waals surface area contributed by atoms with Gasteiger partial charge in [-0.05, 0) is 18.8 Å². The van der Waals surface area contributed by atoms with Crippen LogP contribution in [0.5, 0.6) is 0 Å². The Morgan fingerprint density at radius 3 is 2.67 bits per heavy atom. The molecule has 0 spiro atoms. The summed E-state index contributed by atoms with van der Waals surface area (Å²) in [6, 6.07) is 0.627. The minimum Gasteiger partial charge on any atom is -0.392 e. The topological polar surface area (TPSA) is 23.5 Å². The van der Waals surface area contributed by atoms with Crippen LogP contribution in [0.15, 0.2) is 0 Å². The van der Waals surface area contributed by atoms with Gasteiger partial charge in [-0.1, -0.05) is 20.8 Å². The molecule has 1 N–H and O–H groups in total. The van der Waals surface area contributed by atoms with E-state index in [1.54, 1.807) is 0 Å². The van der Waals surface area contributed by atoms with Crippen molar-refractivity contribution in [1.82, 2.24) is 4.90 Å². The van der Waals surface area contributed by atoms with E-state index in [-0.39, 0.29) is 6.10 Å². The molecule has 2 nitrogen and oxygen atoms in total. The molecule has 2 heteroatoms. The second kappa shape index (κ2) is 4.24. The number of likely N-dealkylation sites (tertiary alicyclic amines) is 1. The fraction of sp³-hybridized carbons (Fsp3) is 1.00. The smallest absolute Gasteiger partial charge is 0.0682 e. The summed E-state index contributed by atoms with van der Waals surface area (Å²) >= 11 is 0. The van der Waals surface area contributed by atoms with E-state index in [1.807, 2.05) is 0 Å². The van der Waals surface area contributed by atoms with Crippen LogP contribution in [0.2, 0.25) is 0 Å². The van der Waals surface area contributed by atoms with Crippen LogP contribution in [0.4, 0.5) is 0 Å². The molecule has 1 aliphatic rings. The summed E-state index contributed by atoms with van der Waals surface area (Å²) < 4.78 is 0. The van der Waals surface area contributed by atoms with E-state index in [4.69, 9.17) is 0 Å². The molecule has 2 atom stereocenters. The molecule has 0 aromatic rings. The van der Waals surface area contributed by atoms with Gasteiger partial charge < -0.3 is 5.11 Å². The van der Waals surface area contributed by atoms with E-state index < -0.39 is 0 Å². The Morgan fingerprint density at radius 1 is 1.50 bits per heavy atom. The Bertz CT molecular complexity index is 136. The van der Waals surface area contributed by atoms with Gasteiger partial charge in [-0.25, -0.2) is 0 Å². The molecule has 12 heavy (non-hydrogen) atoms. The van der Waals surface area contributed by atoms with Crippen LogP contribution in [-0.4, -0.2) is 35.2 Å². The van der Waals surface area contributed by atoms with Crippen molar-refractivity contribution < 1.29 is 5.11 Å². The zero-order chi connectivity index (χ0) is 9.14. The standard InChI is InChI=1S/C10H21NO/c1-4-9-5-10(12)7-11(9)6-8(2)3/h8-10,12H,4-7H2,1-3H3. The molecule has 0 aromatic heterocycles. The maximum absolute atomic E-state index is 9.47. The largest absolute Gasteiger partial charge is 0.392 e. The highest BCUT2D eigenvalue weighted by atomic mass is 16.3. The van der Waals surface area contributed by atoms with Crippen LogP contribution in [0, 0.1) is 5.92 Å². The van der Waals surface area contributed by atoms with Crippen molar-refractivity contribution in [3.63, 3.8) is 0 Å². The maximum atomic E-state index is 9.47. The van der Waals surface area contributed by atoms with Gasteiger partial charge in [0.2, 0.25) is 0 Å². The Kier molecular flexibility index (Phi) is 3.53. The number of nitrogens with zero attached hydrogens (tertiary/aromatic N) is 1. The molecule has 1 saturated heterocycles. The lowest BCUT2D eigenvalue weighted by molar-refractivity contribution is 0.168. The average Bonchev–Trinajstić information content (AvgIpc) is 2.29. The number of hydrogen-bond acceptors (Lipinski definition) is 2. The van der Waals surface area contributed by atoms with Gasteiger partial charge in [-0.15, -0.1) is 0 Å². The highest BCUT2D eigenvalue weighted by Crippen LogP contribution is 2.21. The van der Waals surface area contributed by atoms with Crippen LogP contribution in [-0.2, 0) is 0 Å². The molecule has 0 aromatic carbocycles. The highest BCUT2D eigenvalue weighted by molar-refractivity contribution is 4.84. The first-order valence-electron chi connectivity index (χ1n) is 5.05. The van der Waals surface area contributed by atoms with Crippen molar-refractivity contribution in [2.75, 3.05) is 13.1 Å². The van der Waals surface area contributed by atoms with Gasteiger partial charge in [-0.3, -0.25) is 4.90 Å². The minimum absolute atomic E-state index is 0.0753. The fourth-order valence-corrected chi connectivity index (χ4v) is 2.07. The second-order valence-electron chi connectivity index (χ2n) is 4.30. The monoisotopic (exact) mass is 171 g/mol. The fourth-order valence-electron chi connectivity index (χ4n) is 2.07. The molecule has 0 saturated carbocycles. The van der Waals surface area contributed by atoms with Crippen molar-refractivity contribution in [1.29, 1.82) is 0 Å². The third-order valence-corrected chi connectivity index (χ3v) is 2.58. The molecule has 1 heterocycles. The Morgan fingerprint density at radius 2 is 2.17 bits per heavy atom. The third kappa shape index (κ3) is 2.46. The zero-order valence-electron chi connectivity index (χ0n) is 8.45. The molecular formula is C10H21NO. The molecule has 0 bridgehead atoms. The van der Waals surface area contributed by atoms with Crippen molar-refractivity contribution in [3.05, 3.63) is 0 Å². The number of aliphatic hydroxyl groups is 1. The molecule has 1 rings (SSSR count). The highest BCUT2D eigenvalue weighted by Gasteiger charge is 2.29. The van der Waals surface area contributed by atoms with Gasteiger partial charge in [-0.2, -0.15) is 0 Å². The molecule has 72 valence electrons. The molecule has 1 fully saturated rings. The quantitative estimate of drug-likeness (QED) is 0.695. The van der Waals surface area contributed by atoms with E-state index in [1.165, 1.54) is 6.42 Å². The van der Waals surface area contributed by atoms with Gasteiger partial charge >= 0.3 is 0 Å². The van der Waals surface area contributed by atoms with Gasteiger partial charge in [0.1, 0.15) is 0 Å². The van der Waals surface area contributed by atoms with E-state index in [9.17, 15) is 5.11 Å². The first-order valence-corrected chi connectivity index (χ1v) is 5.05. The molecule has 2 unspecified atom stereocenters. The average molecular weight is 171 g/mol. The number of rotatable bonds is 3. The SMILES string of the molecule is CCC1CC(O)CN1CC(C)C. The summed E-state index contributed by atoms with van der Waals surface area (Å²) in [5.74, 6) is 0.712. The van der Waals surface area contributed by atoms with Crippen molar-refractivity contribution in [2.24, 2.45) is 5.92 Å². The first kappa shape index (κ1) is 10.0. The Hall–Kier alpha value is -0.0800. The maximum Gasteiger partial charge on any atom is 0.0682 e. The van der Waals surface area contributed by atoms with Crippen molar-refractivity contribution in [3.8, 4) is 0 Å². The van der Waals surface area contributed by atoms with E-state index in [0.717, 1.165) is 19.5 Å². The predicted octanol–water partition coefficient (Wildman–Crippen LogP) is 1.49. The lowest BCUT2D eigenvalue weighted by Gasteiger charge is -2.24. The summed E-state index contributed by atoms with van der Waals surface area (Å²) in [5, 5.41) is 9.47. The first-order chi connectivity index (χ1) is 5.63. The molecule has 0 radical (unpaired) electrons. The predicted molar refractivity (Wildman–Crippen MR) is 51.1 cm³/mol. The summed E-state index contributed by atoms with van der Waals surface area (Å²) in [4.78, 5) is 2.43. The van der Waals surface area contributed by atoms with Crippen LogP contribution < -0.4 is 0 Å². The molecule has 0 aliphatic carbocycles. The normalized spacial score (nSPS) is 31.8. The summed E-state index contributed by atoms with van der Waals surface area (Å²) in [6.45, 7) is 8.69. The number of aliphatic hydroxyl groups excluding tert-OH is 1. The lowest BCUT2D eigenvalue weighted by Crippen LogP contribution is -2.32. The summed E-state index contributed by atoms with van der Waals surface area (Å²) in [6.07, 6.45) is 2.07. The third-order valence-electron chi connectivity index (χ3n) is 2.58. The Labute approximate surface area is 75.6 Å². The van der Waals surface area contributed by atoms with Gasteiger partial charge in [0, 0.05) is 19.1 Å². The van der Waals surface area contributed by atoms with Crippen LogP contribution >= 0.6 is 0 Å². The van der Waals surface area contributed by atoms with Crippen molar-refractivity contribution >= 4 is 0 Å². The van der Waals surface area contributed by atoms with E-state index in [0.29, 0.717) is 12.0 Å². The van der Waals surface area contributed by atoms with E-state index >= 15 is 0 Å². The van der Waals surface area contributed by atoms with Gasteiger partial charge in [0.15, 0.2) is 0 Å². The Balaban J connectivity index is 2.40. The number of hydrogen-bond donors (Lipinski definition) is 1. The van der Waals surface area contributed by atoms with Crippen LogP contribution in [0.3, 0.4) is 0 Å². The van der Waals surface area contributed by atoms with Crippen LogP contribution in [0.1, 0.15) is 33.6 Å². The lowest BCUT2D eigenvalue weighted by atomic mass is 10.1. The second-order valence-corrected chi connectivity index (χ2v) is 4.30. The zero-order valence-corrected chi connectivity index (χ0v) is 8.45. The molecule has 1 aliphatic heterocycles. The van der Waals surface area contributed by atoms with Crippen molar-refractivity contribution in [2.45, 2.75) is 45.8 Å². The molecular weight excluding hydrogens is 150 g/mol. The van der Waals surface area contributed by atoms with Gasteiger partial charge in [0.05, 0.1) is 6.10 Å². The number of β-amino-alcohol motifs (C(OH)–C–C–N with tert-alkyl or cyclic N) is 1. The summed E-state index contributed by atoms with van der Waals surface area (Å²) in [5.41, 5.74) is 0. The summed E-state index contributed by atoms with van der Waals surface area (Å²) in [7, 11) is 0. The molecule has 0 amide bonds.